The van der Waals surface area contributed by atoms with Crippen LogP contribution >= 0.6 is 11.6 Å². The summed E-state index contributed by atoms with van der Waals surface area (Å²) in [5.41, 5.74) is 6.25. The van der Waals surface area contributed by atoms with E-state index in [0.29, 0.717) is 0 Å². The van der Waals surface area contributed by atoms with Crippen LogP contribution in [0.25, 0.3) is 11.1 Å². The van der Waals surface area contributed by atoms with Gasteiger partial charge in [0.25, 0.3) is 6.47 Å². The molecule has 1 atom stereocenters. The van der Waals surface area contributed by atoms with E-state index in [1.54, 1.807) is 0 Å². The predicted octanol–water partition coefficient (Wildman–Crippen LogP) is 6.25. The number of carbonyl (C=O) groups is 1. The molecule has 1 heterocycles. The Bertz CT molecular complexity index is 1030. The molecule has 0 amide bonds. The van der Waals surface area contributed by atoms with Crippen LogP contribution in [0, 0.1) is 6.92 Å². The lowest BCUT2D eigenvalue weighted by Gasteiger charge is -2.30. The van der Waals surface area contributed by atoms with Gasteiger partial charge in [0.05, 0.1) is 19.3 Å². The van der Waals surface area contributed by atoms with Crippen molar-refractivity contribution in [1.29, 1.82) is 0 Å². The van der Waals surface area contributed by atoms with E-state index >= 15 is 0 Å². The first-order valence-corrected chi connectivity index (χ1v) is 11.9. The van der Waals surface area contributed by atoms with Gasteiger partial charge in [-0.1, -0.05) is 54.1 Å². The fourth-order valence-electron chi connectivity index (χ4n) is 3.97. The Kier molecular flexibility index (Phi) is 9.80. The molecule has 5 nitrogen and oxygen atoms in total. The summed E-state index contributed by atoms with van der Waals surface area (Å²) in [7, 11) is 0. The summed E-state index contributed by atoms with van der Waals surface area (Å²) in [6, 6.07) is 23.2. The minimum atomic E-state index is -0.250. The molecule has 1 aliphatic heterocycles. The number of ether oxygens (including phenoxy) is 2. The van der Waals surface area contributed by atoms with Gasteiger partial charge in [0.2, 0.25) is 0 Å². The minimum absolute atomic E-state index is 0.149. The molecule has 1 fully saturated rings. The molecule has 0 bridgehead atoms. The fraction of sp³-hybridized carbons (Fsp3) is 0.321. The monoisotopic (exact) mass is 481 g/mol. The summed E-state index contributed by atoms with van der Waals surface area (Å²) in [4.78, 5) is 10.7. The molecule has 6 heteroatoms. The lowest BCUT2D eigenvalue weighted by molar-refractivity contribution is -0.122. The number of nitrogens with zero attached hydrogens (tertiary/aromatic N) is 1. The van der Waals surface area contributed by atoms with Crippen LogP contribution in [-0.4, -0.2) is 44.0 Å². The first kappa shape index (κ1) is 25.6. The number of anilines is 1. The highest BCUT2D eigenvalue weighted by Gasteiger charge is 2.15. The largest absolute Gasteiger partial charge is 0.491 e. The van der Waals surface area contributed by atoms with Crippen LogP contribution in [0.15, 0.2) is 66.7 Å². The molecule has 1 N–H and O–H groups in total. The van der Waals surface area contributed by atoms with E-state index in [1.165, 1.54) is 27.9 Å². The Balaban J connectivity index is 0.00000103. The molecule has 3 aromatic rings. The van der Waals surface area contributed by atoms with Gasteiger partial charge in [0, 0.05) is 29.9 Å². The van der Waals surface area contributed by atoms with Crippen LogP contribution in [0.2, 0.25) is 5.02 Å². The molecule has 0 saturated carbocycles. The Morgan fingerprint density at radius 1 is 1.03 bits per heavy atom. The lowest BCUT2D eigenvalue weighted by atomic mass is 10.0. The Morgan fingerprint density at radius 3 is 2.24 bits per heavy atom. The molecular formula is C28H32ClNO4. The van der Waals surface area contributed by atoms with Gasteiger partial charge in [-0.2, -0.15) is 0 Å². The van der Waals surface area contributed by atoms with Crippen LogP contribution in [0.5, 0.6) is 5.75 Å². The van der Waals surface area contributed by atoms with Crippen LogP contribution in [0.3, 0.4) is 0 Å². The molecule has 0 aromatic heterocycles. The number of rotatable bonds is 7. The number of morpholine rings is 1. The van der Waals surface area contributed by atoms with Gasteiger partial charge in [-0.05, 0) is 67.1 Å². The fourth-order valence-corrected chi connectivity index (χ4v) is 4.10. The maximum absolute atomic E-state index is 8.36. The van der Waals surface area contributed by atoms with E-state index in [2.05, 4.69) is 73.3 Å². The highest BCUT2D eigenvalue weighted by atomic mass is 35.5. The maximum atomic E-state index is 8.36. The van der Waals surface area contributed by atoms with Crippen molar-refractivity contribution in [3.8, 4) is 16.9 Å². The summed E-state index contributed by atoms with van der Waals surface area (Å²) in [5, 5.41) is 7.65. The summed E-state index contributed by atoms with van der Waals surface area (Å²) < 4.78 is 11.7. The smallest absolute Gasteiger partial charge is 0.290 e. The first-order valence-electron chi connectivity index (χ1n) is 11.5. The molecule has 0 spiro atoms. The van der Waals surface area contributed by atoms with Crippen molar-refractivity contribution in [3.63, 3.8) is 0 Å². The summed E-state index contributed by atoms with van der Waals surface area (Å²) in [5.74, 6) is 0.942. The number of benzene rings is 3. The first-order chi connectivity index (χ1) is 16.5. The third kappa shape index (κ3) is 7.51. The number of hydrogen-bond acceptors (Lipinski definition) is 4. The average Bonchev–Trinajstić information content (AvgIpc) is 2.86. The second-order valence-electron chi connectivity index (χ2n) is 8.32. The minimum Gasteiger partial charge on any atom is -0.491 e. The average molecular weight is 482 g/mol. The standard InChI is InChI=1S/C27H30ClNO2.CH2O2/c1-20-3-14-26(19-27(20)29-15-17-30-18-16-29)31-21(2)4-5-22-6-8-23(9-7-22)24-10-12-25(28)13-11-24;2-1-3/h3,6-14,19,21H,4-5,15-18H2,1-2H3;1H,(H,2,3). The zero-order valence-corrected chi connectivity index (χ0v) is 20.5. The summed E-state index contributed by atoms with van der Waals surface area (Å²) in [6.07, 6.45) is 2.11. The van der Waals surface area contributed by atoms with Crippen molar-refractivity contribution < 1.29 is 19.4 Å². The van der Waals surface area contributed by atoms with E-state index in [9.17, 15) is 0 Å². The van der Waals surface area contributed by atoms with Crippen molar-refractivity contribution in [2.45, 2.75) is 32.8 Å². The molecule has 1 aliphatic rings. The Hall–Kier alpha value is -3.02. The summed E-state index contributed by atoms with van der Waals surface area (Å²) in [6.45, 7) is 7.51. The molecule has 4 rings (SSSR count). The molecular weight excluding hydrogens is 450 g/mol. The normalized spacial score (nSPS) is 14.0. The second kappa shape index (κ2) is 13.0. The number of carboxylic acid groups (broad SMARTS) is 1. The Labute approximate surface area is 206 Å². The molecule has 34 heavy (non-hydrogen) atoms. The quantitative estimate of drug-likeness (QED) is 0.404. The second-order valence-corrected chi connectivity index (χ2v) is 8.76. The number of aryl methyl sites for hydroxylation is 2. The SMILES string of the molecule is Cc1ccc(OC(C)CCc2ccc(-c3ccc(Cl)cc3)cc2)cc1N1CCOCC1.O=CO. The molecule has 1 unspecified atom stereocenters. The van der Waals surface area contributed by atoms with E-state index in [-0.39, 0.29) is 12.6 Å². The maximum Gasteiger partial charge on any atom is 0.290 e. The predicted molar refractivity (Wildman–Crippen MR) is 138 cm³/mol. The van der Waals surface area contributed by atoms with Gasteiger partial charge >= 0.3 is 0 Å². The van der Waals surface area contributed by atoms with E-state index in [0.717, 1.165) is 49.9 Å². The van der Waals surface area contributed by atoms with Crippen molar-refractivity contribution in [3.05, 3.63) is 82.9 Å². The molecule has 0 radical (unpaired) electrons. The van der Waals surface area contributed by atoms with Crippen LogP contribution in [-0.2, 0) is 16.0 Å². The van der Waals surface area contributed by atoms with Gasteiger partial charge in [-0.3, -0.25) is 4.79 Å². The van der Waals surface area contributed by atoms with Gasteiger partial charge in [0.15, 0.2) is 0 Å². The highest BCUT2D eigenvalue weighted by molar-refractivity contribution is 6.30. The highest BCUT2D eigenvalue weighted by Crippen LogP contribution is 2.28. The zero-order chi connectivity index (χ0) is 24.3. The van der Waals surface area contributed by atoms with Gasteiger partial charge in [0.1, 0.15) is 5.75 Å². The van der Waals surface area contributed by atoms with Crippen LogP contribution < -0.4 is 9.64 Å². The Morgan fingerprint density at radius 2 is 1.62 bits per heavy atom. The third-order valence-electron chi connectivity index (χ3n) is 5.84. The van der Waals surface area contributed by atoms with Gasteiger partial charge in [-0.15, -0.1) is 0 Å². The van der Waals surface area contributed by atoms with Crippen molar-refractivity contribution in [2.75, 3.05) is 31.2 Å². The topological polar surface area (TPSA) is 59.0 Å². The molecule has 180 valence electrons. The molecule has 1 saturated heterocycles. The third-order valence-corrected chi connectivity index (χ3v) is 6.09. The van der Waals surface area contributed by atoms with Crippen molar-refractivity contribution >= 4 is 23.8 Å². The molecule has 3 aromatic carbocycles. The van der Waals surface area contributed by atoms with Crippen molar-refractivity contribution in [2.24, 2.45) is 0 Å². The lowest BCUT2D eigenvalue weighted by Crippen LogP contribution is -2.36. The van der Waals surface area contributed by atoms with E-state index in [4.69, 9.17) is 31.0 Å². The number of halogens is 1. The number of hydrogen-bond donors (Lipinski definition) is 1. The van der Waals surface area contributed by atoms with Crippen molar-refractivity contribution in [1.82, 2.24) is 0 Å². The summed E-state index contributed by atoms with van der Waals surface area (Å²) >= 11 is 5.99. The molecule has 0 aliphatic carbocycles. The van der Waals surface area contributed by atoms with E-state index < -0.39 is 0 Å². The van der Waals surface area contributed by atoms with Crippen LogP contribution in [0.1, 0.15) is 24.5 Å². The zero-order valence-electron chi connectivity index (χ0n) is 19.7. The van der Waals surface area contributed by atoms with E-state index in [1.807, 2.05) is 12.1 Å². The van der Waals surface area contributed by atoms with Gasteiger partial charge in [-0.25, -0.2) is 0 Å². The van der Waals surface area contributed by atoms with Gasteiger partial charge < -0.3 is 19.5 Å². The van der Waals surface area contributed by atoms with Crippen LogP contribution in [0.4, 0.5) is 5.69 Å².